The SMILES string of the molecule is COc1cccc(C(=O)N(CC(=O)N2CCCN(c3ccc(-c4cccc(OC)c4)nn3)CC2)CC2CC2)c1. The number of benzene rings is 2. The van der Waals surface area contributed by atoms with Gasteiger partial charge >= 0.3 is 0 Å². The van der Waals surface area contributed by atoms with E-state index in [1.807, 2.05) is 47.4 Å². The predicted octanol–water partition coefficient (Wildman–Crippen LogP) is 3.75. The summed E-state index contributed by atoms with van der Waals surface area (Å²) in [6.07, 6.45) is 3.02. The third-order valence-corrected chi connectivity index (χ3v) is 7.29. The van der Waals surface area contributed by atoms with Crippen LogP contribution in [0.5, 0.6) is 11.5 Å². The molecule has 5 rings (SSSR count). The van der Waals surface area contributed by atoms with Crippen LogP contribution in [-0.4, -0.2) is 85.3 Å². The summed E-state index contributed by atoms with van der Waals surface area (Å²) in [5, 5.41) is 8.91. The number of nitrogens with zero attached hydrogens (tertiary/aromatic N) is 5. The molecule has 0 atom stereocenters. The van der Waals surface area contributed by atoms with Crippen LogP contribution in [0.2, 0.25) is 0 Å². The lowest BCUT2D eigenvalue weighted by Gasteiger charge is -2.27. The van der Waals surface area contributed by atoms with E-state index < -0.39 is 0 Å². The molecule has 204 valence electrons. The van der Waals surface area contributed by atoms with Crippen molar-refractivity contribution in [1.82, 2.24) is 20.0 Å². The van der Waals surface area contributed by atoms with Gasteiger partial charge in [0, 0.05) is 43.9 Å². The Bertz CT molecular complexity index is 1290. The zero-order valence-electron chi connectivity index (χ0n) is 22.6. The van der Waals surface area contributed by atoms with Crippen molar-refractivity contribution in [3.8, 4) is 22.8 Å². The van der Waals surface area contributed by atoms with Gasteiger partial charge in [-0.3, -0.25) is 9.59 Å². The minimum absolute atomic E-state index is 0.0202. The molecule has 9 heteroatoms. The number of hydrogen-bond acceptors (Lipinski definition) is 7. The number of hydrogen-bond donors (Lipinski definition) is 0. The van der Waals surface area contributed by atoms with Gasteiger partial charge in [0.25, 0.3) is 5.91 Å². The van der Waals surface area contributed by atoms with Crippen molar-refractivity contribution in [2.75, 3.05) is 58.4 Å². The number of rotatable bonds is 9. The number of anilines is 1. The van der Waals surface area contributed by atoms with Crippen molar-refractivity contribution < 1.29 is 19.1 Å². The van der Waals surface area contributed by atoms with Crippen molar-refractivity contribution in [3.05, 3.63) is 66.2 Å². The fourth-order valence-electron chi connectivity index (χ4n) is 4.86. The van der Waals surface area contributed by atoms with Crippen LogP contribution in [0.25, 0.3) is 11.3 Å². The van der Waals surface area contributed by atoms with Crippen LogP contribution in [0, 0.1) is 5.92 Å². The molecule has 0 bridgehead atoms. The third kappa shape index (κ3) is 6.66. The minimum atomic E-state index is -0.128. The first-order valence-electron chi connectivity index (χ1n) is 13.5. The number of ether oxygens (including phenoxy) is 2. The second kappa shape index (κ2) is 12.1. The largest absolute Gasteiger partial charge is 0.497 e. The van der Waals surface area contributed by atoms with Gasteiger partial charge in [0.15, 0.2) is 5.82 Å². The van der Waals surface area contributed by atoms with Gasteiger partial charge < -0.3 is 24.2 Å². The molecule has 1 aliphatic heterocycles. The number of amides is 2. The van der Waals surface area contributed by atoms with Crippen molar-refractivity contribution in [1.29, 1.82) is 0 Å². The highest BCUT2D eigenvalue weighted by molar-refractivity contribution is 5.97. The summed E-state index contributed by atoms with van der Waals surface area (Å²) >= 11 is 0. The van der Waals surface area contributed by atoms with Crippen LogP contribution in [0.4, 0.5) is 5.82 Å². The smallest absolute Gasteiger partial charge is 0.254 e. The van der Waals surface area contributed by atoms with Gasteiger partial charge in [-0.25, -0.2) is 0 Å². The molecule has 0 spiro atoms. The highest BCUT2D eigenvalue weighted by Gasteiger charge is 2.30. The third-order valence-electron chi connectivity index (χ3n) is 7.29. The minimum Gasteiger partial charge on any atom is -0.497 e. The van der Waals surface area contributed by atoms with E-state index in [9.17, 15) is 9.59 Å². The molecular formula is C30H35N5O4. The molecule has 39 heavy (non-hydrogen) atoms. The lowest BCUT2D eigenvalue weighted by molar-refractivity contribution is -0.131. The number of methoxy groups -OCH3 is 2. The zero-order chi connectivity index (χ0) is 27.2. The van der Waals surface area contributed by atoms with E-state index >= 15 is 0 Å². The Hall–Kier alpha value is -4.14. The average Bonchev–Trinajstić information content (AvgIpc) is 3.83. The molecule has 0 radical (unpaired) electrons. The molecular weight excluding hydrogens is 494 g/mol. The Balaban J connectivity index is 1.21. The molecule has 1 aliphatic carbocycles. The van der Waals surface area contributed by atoms with E-state index in [-0.39, 0.29) is 18.4 Å². The lowest BCUT2D eigenvalue weighted by Crippen LogP contribution is -2.45. The Morgan fingerprint density at radius 1 is 0.897 bits per heavy atom. The maximum Gasteiger partial charge on any atom is 0.254 e. The summed E-state index contributed by atoms with van der Waals surface area (Å²) < 4.78 is 10.6. The molecule has 0 N–H and O–H groups in total. The van der Waals surface area contributed by atoms with E-state index in [2.05, 4.69) is 15.1 Å². The summed E-state index contributed by atoms with van der Waals surface area (Å²) in [4.78, 5) is 32.5. The summed E-state index contributed by atoms with van der Waals surface area (Å²) in [6, 6.07) is 18.8. The quantitative estimate of drug-likeness (QED) is 0.417. The molecule has 2 aliphatic rings. The first-order chi connectivity index (χ1) is 19.0. The molecule has 1 saturated carbocycles. The summed E-state index contributed by atoms with van der Waals surface area (Å²) in [6.45, 7) is 3.35. The van der Waals surface area contributed by atoms with E-state index in [1.54, 1.807) is 37.3 Å². The van der Waals surface area contributed by atoms with Crippen molar-refractivity contribution in [3.63, 3.8) is 0 Å². The van der Waals surface area contributed by atoms with E-state index in [0.717, 1.165) is 48.6 Å². The van der Waals surface area contributed by atoms with Crippen molar-refractivity contribution in [2.45, 2.75) is 19.3 Å². The maximum atomic E-state index is 13.4. The summed E-state index contributed by atoms with van der Waals surface area (Å²) in [5.74, 6) is 2.53. The van der Waals surface area contributed by atoms with Crippen molar-refractivity contribution >= 4 is 17.6 Å². The molecule has 2 aromatic carbocycles. The second-order valence-electron chi connectivity index (χ2n) is 10.1. The fourth-order valence-corrected chi connectivity index (χ4v) is 4.86. The Morgan fingerprint density at radius 3 is 2.38 bits per heavy atom. The standard InChI is InChI=1S/C30H35N5O4/c1-38-25-8-3-6-23(18-25)27-12-13-28(32-31-27)33-14-5-15-34(17-16-33)29(36)21-35(20-22-10-11-22)30(37)24-7-4-9-26(19-24)39-2/h3-4,6-9,12-13,18-19,22H,5,10-11,14-17,20-21H2,1-2H3. The van der Waals surface area contributed by atoms with Crippen LogP contribution in [-0.2, 0) is 4.79 Å². The van der Waals surface area contributed by atoms with Crippen molar-refractivity contribution in [2.24, 2.45) is 5.92 Å². The fraction of sp³-hybridized carbons (Fsp3) is 0.400. The lowest BCUT2D eigenvalue weighted by atomic mass is 10.1. The predicted molar refractivity (Wildman–Crippen MR) is 149 cm³/mol. The van der Waals surface area contributed by atoms with Crippen LogP contribution in [0.1, 0.15) is 29.6 Å². The molecule has 9 nitrogen and oxygen atoms in total. The molecule has 0 unspecified atom stereocenters. The van der Waals surface area contributed by atoms with Gasteiger partial charge in [0.1, 0.15) is 18.0 Å². The molecule has 3 aromatic rings. The van der Waals surface area contributed by atoms with E-state index in [0.29, 0.717) is 43.4 Å². The number of carbonyl (C=O) groups is 2. The molecule has 2 amide bonds. The summed E-state index contributed by atoms with van der Waals surface area (Å²) in [7, 11) is 3.23. The van der Waals surface area contributed by atoms with E-state index in [4.69, 9.17) is 9.47 Å². The molecule has 1 saturated heterocycles. The number of aromatic nitrogens is 2. The van der Waals surface area contributed by atoms with Gasteiger partial charge in [-0.2, -0.15) is 0 Å². The van der Waals surface area contributed by atoms with Crippen LogP contribution in [0.15, 0.2) is 60.7 Å². The zero-order valence-corrected chi connectivity index (χ0v) is 22.6. The first-order valence-corrected chi connectivity index (χ1v) is 13.5. The van der Waals surface area contributed by atoms with Crippen LogP contribution < -0.4 is 14.4 Å². The normalized spacial score (nSPS) is 15.4. The first kappa shape index (κ1) is 26.5. The van der Waals surface area contributed by atoms with Gasteiger partial charge in [0.05, 0.1) is 19.9 Å². The highest BCUT2D eigenvalue weighted by Crippen LogP contribution is 2.30. The average molecular weight is 530 g/mol. The molecule has 1 aromatic heterocycles. The molecule has 2 fully saturated rings. The second-order valence-corrected chi connectivity index (χ2v) is 10.1. The topological polar surface area (TPSA) is 88.1 Å². The number of carbonyl (C=O) groups excluding carboxylic acids is 2. The van der Waals surface area contributed by atoms with Crippen LogP contribution >= 0.6 is 0 Å². The van der Waals surface area contributed by atoms with Gasteiger partial charge in [0.2, 0.25) is 5.91 Å². The Kier molecular flexibility index (Phi) is 8.24. The van der Waals surface area contributed by atoms with Gasteiger partial charge in [-0.05, 0) is 67.6 Å². The summed E-state index contributed by atoms with van der Waals surface area (Å²) in [5.41, 5.74) is 2.27. The Morgan fingerprint density at radius 2 is 1.67 bits per heavy atom. The van der Waals surface area contributed by atoms with Gasteiger partial charge in [-0.15, -0.1) is 10.2 Å². The molecule has 2 heterocycles. The maximum absolute atomic E-state index is 13.4. The highest BCUT2D eigenvalue weighted by atomic mass is 16.5. The van der Waals surface area contributed by atoms with Crippen LogP contribution in [0.3, 0.4) is 0 Å². The van der Waals surface area contributed by atoms with Gasteiger partial charge in [-0.1, -0.05) is 18.2 Å². The monoisotopic (exact) mass is 529 g/mol. The van der Waals surface area contributed by atoms with E-state index in [1.165, 1.54) is 0 Å². The Labute approximate surface area is 229 Å².